The number of carbonyl (C=O) groups is 1. The third-order valence-electron chi connectivity index (χ3n) is 1.86. The standard InChI is InChI=1S/C10H14N2O2S/c1-14-10(13)4-5-15-7-2-3-8(11)9(12)6-7/h2-3,6H,4-5,11-12H2,1H3. The van der Waals surface area contributed by atoms with E-state index in [9.17, 15) is 4.79 Å². The van der Waals surface area contributed by atoms with Crippen LogP contribution in [0.25, 0.3) is 0 Å². The molecule has 1 rings (SSSR count). The number of thioether (sulfide) groups is 1. The van der Waals surface area contributed by atoms with Gasteiger partial charge in [0, 0.05) is 10.6 Å². The minimum absolute atomic E-state index is 0.203. The summed E-state index contributed by atoms with van der Waals surface area (Å²) in [6, 6.07) is 5.45. The summed E-state index contributed by atoms with van der Waals surface area (Å²) in [5, 5.41) is 0. The lowest BCUT2D eigenvalue weighted by atomic mass is 10.3. The largest absolute Gasteiger partial charge is 0.469 e. The van der Waals surface area contributed by atoms with Crippen LogP contribution < -0.4 is 11.5 Å². The second-order valence-corrected chi connectivity index (χ2v) is 4.13. The van der Waals surface area contributed by atoms with Gasteiger partial charge in [-0.25, -0.2) is 0 Å². The molecule has 0 atom stereocenters. The van der Waals surface area contributed by atoms with Crippen molar-refractivity contribution < 1.29 is 9.53 Å². The van der Waals surface area contributed by atoms with Crippen molar-refractivity contribution in [3.8, 4) is 0 Å². The number of anilines is 2. The van der Waals surface area contributed by atoms with Gasteiger partial charge in [0.25, 0.3) is 0 Å². The van der Waals surface area contributed by atoms with Crippen LogP contribution in [0.15, 0.2) is 23.1 Å². The summed E-state index contributed by atoms with van der Waals surface area (Å²) in [6.07, 6.45) is 0.394. The lowest BCUT2D eigenvalue weighted by molar-refractivity contribution is -0.140. The molecule has 4 nitrogen and oxygen atoms in total. The van der Waals surface area contributed by atoms with Crippen molar-refractivity contribution in [1.29, 1.82) is 0 Å². The van der Waals surface area contributed by atoms with Gasteiger partial charge < -0.3 is 16.2 Å². The highest BCUT2D eigenvalue weighted by atomic mass is 32.2. The number of rotatable bonds is 4. The summed E-state index contributed by atoms with van der Waals surface area (Å²) in [5.41, 5.74) is 12.4. The lowest BCUT2D eigenvalue weighted by Crippen LogP contribution is -2.01. The Hall–Kier alpha value is -1.36. The molecule has 1 aromatic carbocycles. The Labute approximate surface area is 93.0 Å². The van der Waals surface area contributed by atoms with Gasteiger partial charge in [-0.3, -0.25) is 4.79 Å². The average Bonchev–Trinajstić information content (AvgIpc) is 2.23. The van der Waals surface area contributed by atoms with Crippen molar-refractivity contribution in [3.05, 3.63) is 18.2 Å². The number of esters is 1. The molecular weight excluding hydrogens is 212 g/mol. The first-order chi connectivity index (χ1) is 7.13. The summed E-state index contributed by atoms with van der Waals surface area (Å²) < 4.78 is 4.53. The number of hydrogen-bond donors (Lipinski definition) is 2. The van der Waals surface area contributed by atoms with E-state index >= 15 is 0 Å². The van der Waals surface area contributed by atoms with E-state index in [4.69, 9.17) is 11.5 Å². The second-order valence-electron chi connectivity index (χ2n) is 2.97. The van der Waals surface area contributed by atoms with Gasteiger partial charge in [-0.1, -0.05) is 0 Å². The van der Waals surface area contributed by atoms with E-state index < -0.39 is 0 Å². The summed E-state index contributed by atoms with van der Waals surface area (Å²) >= 11 is 1.55. The normalized spacial score (nSPS) is 9.93. The number of carbonyl (C=O) groups excluding carboxylic acids is 1. The van der Waals surface area contributed by atoms with E-state index in [-0.39, 0.29) is 5.97 Å². The third-order valence-corrected chi connectivity index (χ3v) is 2.86. The van der Waals surface area contributed by atoms with Gasteiger partial charge in [0.2, 0.25) is 0 Å². The Morgan fingerprint density at radius 3 is 2.73 bits per heavy atom. The van der Waals surface area contributed by atoms with Gasteiger partial charge in [-0.05, 0) is 18.2 Å². The van der Waals surface area contributed by atoms with Crippen molar-refractivity contribution in [3.63, 3.8) is 0 Å². The van der Waals surface area contributed by atoms with Gasteiger partial charge in [-0.2, -0.15) is 0 Å². The van der Waals surface area contributed by atoms with Crippen molar-refractivity contribution >= 4 is 29.1 Å². The SMILES string of the molecule is COC(=O)CCSc1ccc(N)c(N)c1. The maximum atomic E-state index is 10.8. The van der Waals surface area contributed by atoms with Crippen molar-refractivity contribution in [2.24, 2.45) is 0 Å². The summed E-state index contributed by atoms with van der Waals surface area (Å²) in [6.45, 7) is 0. The van der Waals surface area contributed by atoms with E-state index in [1.165, 1.54) is 7.11 Å². The highest BCUT2D eigenvalue weighted by Crippen LogP contribution is 2.24. The van der Waals surface area contributed by atoms with Crippen molar-refractivity contribution in [2.45, 2.75) is 11.3 Å². The fraction of sp³-hybridized carbons (Fsp3) is 0.300. The van der Waals surface area contributed by atoms with Gasteiger partial charge in [0.05, 0.1) is 24.9 Å². The first kappa shape index (κ1) is 11.7. The van der Waals surface area contributed by atoms with Crippen LogP contribution >= 0.6 is 11.8 Å². The molecule has 0 aliphatic carbocycles. The molecule has 0 saturated carbocycles. The van der Waals surface area contributed by atoms with Crippen molar-refractivity contribution in [2.75, 3.05) is 24.3 Å². The molecule has 1 aromatic rings. The van der Waals surface area contributed by atoms with Crippen LogP contribution in [0.3, 0.4) is 0 Å². The topological polar surface area (TPSA) is 78.3 Å². The smallest absolute Gasteiger partial charge is 0.306 e. The second kappa shape index (κ2) is 5.50. The molecule has 0 aromatic heterocycles. The molecule has 82 valence electrons. The van der Waals surface area contributed by atoms with Crippen LogP contribution in [0.4, 0.5) is 11.4 Å². The molecule has 0 saturated heterocycles. The molecule has 4 N–H and O–H groups in total. The van der Waals surface area contributed by atoms with Crippen LogP contribution in [0.2, 0.25) is 0 Å². The number of hydrogen-bond acceptors (Lipinski definition) is 5. The average molecular weight is 226 g/mol. The highest BCUT2D eigenvalue weighted by molar-refractivity contribution is 7.99. The Morgan fingerprint density at radius 2 is 2.13 bits per heavy atom. The minimum atomic E-state index is -0.203. The number of ether oxygens (including phenoxy) is 1. The molecule has 0 radical (unpaired) electrons. The lowest BCUT2D eigenvalue weighted by Gasteiger charge is -2.04. The minimum Gasteiger partial charge on any atom is -0.469 e. The Bertz CT molecular complexity index is 355. The first-order valence-corrected chi connectivity index (χ1v) is 5.46. The Balaban J connectivity index is 2.44. The third kappa shape index (κ3) is 3.71. The predicted molar refractivity (Wildman–Crippen MR) is 62.6 cm³/mol. The monoisotopic (exact) mass is 226 g/mol. The fourth-order valence-electron chi connectivity index (χ4n) is 0.997. The van der Waals surface area contributed by atoms with Crippen LogP contribution in [-0.4, -0.2) is 18.8 Å². The molecule has 15 heavy (non-hydrogen) atoms. The van der Waals surface area contributed by atoms with Crippen LogP contribution in [0.1, 0.15) is 6.42 Å². The number of nitrogens with two attached hydrogens (primary N) is 2. The zero-order chi connectivity index (χ0) is 11.3. The van der Waals surface area contributed by atoms with Gasteiger partial charge in [0.1, 0.15) is 0 Å². The van der Waals surface area contributed by atoms with E-state index in [0.29, 0.717) is 23.5 Å². The quantitative estimate of drug-likeness (QED) is 0.462. The number of methoxy groups -OCH3 is 1. The molecule has 0 aliphatic heterocycles. The summed E-state index contributed by atoms with van der Waals surface area (Å²) in [7, 11) is 1.38. The van der Waals surface area contributed by atoms with Gasteiger partial charge in [0.15, 0.2) is 0 Å². The predicted octanol–water partition coefficient (Wildman–Crippen LogP) is 1.51. The molecule has 0 amide bonds. The van der Waals surface area contributed by atoms with Gasteiger partial charge in [-0.15, -0.1) is 11.8 Å². The number of nitrogen functional groups attached to an aromatic ring is 2. The molecule has 0 unspecified atom stereocenters. The van der Waals surface area contributed by atoms with E-state index in [0.717, 1.165) is 4.90 Å². The molecule has 5 heteroatoms. The number of benzene rings is 1. The zero-order valence-electron chi connectivity index (χ0n) is 8.53. The molecule has 0 aliphatic rings. The molecule has 0 heterocycles. The molecule has 0 spiro atoms. The Morgan fingerprint density at radius 1 is 1.40 bits per heavy atom. The maximum absolute atomic E-state index is 10.8. The summed E-state index contributed by atoms with van der Waals surface area (Å²) in [4.78, 5) is 11.8. The van der Waals surface area contributed by atoms with E-state index in [1.54, 1.807) is 23.9 Å². The van der Waals surface area contributed by atoms with Crippen LogP contribution in [-0.2, 0) is 9.53 Å². The molecular formula is C10H14N2O2S. The van der Waals surface area contributed by atoms with Crippen LogP contribution in [0.5, 0.6) is 0 Å². The van der Waals surface area contributed by atoms with Crippen molar-refractivity contribution in [1.82, 2.24) is 0 Å². The van der Waals surface area contributed by atoms with E-state index in [1.807, 2.05) is 6.07 Å². The zero-order valence-corrected chi connectivity index (χ0v) is 9.34. The summed E-state index contributed by atoms with van der Waals surface area (Å²) in [5.74, 6) is 0.474. The first-order valence-electron chi connectivity index (χ1n) is 4.48. The fourth-order valence-corrected chi connectivity index (χ4v) is 1.88. The Kier molecular flexibility index (Phi) is 4.30. The molecule has 0 bridgehead atoms. The maximum Gasteiger partial charge on any atom is 0.306 e. The van der Waals surface area contributed by atoms with Crippen LogP contribution in [0, 0.1) is 0 Å². The molecule has 0 fully saturated rings. The van der Waals surface area contributed by atoms with E-state index in [2.05, 4.69) is 4.74 Å². The highest BCUT2D eigenvalue weighted by Gasteiger charge is 2.02. The van der Waals surface area contributed by atoms with Gasteiger partial charge >= 0.3 is 5.97 Å².